The first-order valence-electron chi connectivity index (χ1n) is 7.72. The molecule has 0 aromatic rings. The lowest BCUT2D eigenvalue weighted by molar-refractivity contribution is -0.144. The molecule has 1 N–H and O–H groups in total. The van der Waals surface area contributed by atoms with E-state index in [9.17, 15) is 4.79 Å². The van der Waals surface area contributed by atoms with Crippen LogP contribution in [0.3, 0.4) is 0 Å². The first-order valence-corrected chi connectivity index (χ1v) is 7.72. The summed E-state index contributed by atoms with van der Waals surface area (Å²) in [5.74, 6) is 0.875. The van der Waals surface area contributed by atoms with E-state index in [0.29, 0.717) is 11.8 Å². The first kappa shape index (κ1) is 14.8. The average Bonchev–Trinajstić information content (AvgIpc) is 2.48. The first-order chi connectivity index (χ1) is 9.18. The van der Waals surface area contributed by atoms with E-state index in [1.165, 1.54) is 6.42 Å². The van der Waals surface area contributed by atoms with Crippen LogP contribution >= 0.6 is 0 Å². The summed E-state index contributed by atoms with van der Waals surface area (Å²) in [4.78, 5) is 14.7. The lowest BCUT2D eigenvalue weighted by Gasteiger charge is -2.39. The SMILES string of the molecule is CCC1(C(=O)N(C)CC2CCCOC2)CCNCC1. The van der Waals surface area contributed by atoms with Crippen LogP contribution < -0.4 is 5.32 Å². The Hall–Kier alpha value is -0.610. The molecule has 2 aliphatic heterocycles. The number of ether oxygens (including phenoxy) is 1. The second kappa shape index (κ2) is 6.71. The van der Waals surface area contributed by atoms with E-state index >= 15 is 0 Å². The maximum atomic E-state index is 12.8. The predicted octanol–water partition coefficient (Wildman–Crippen LogP) is 1.65. The van der Waals surface area contributed by atoms with E-state index in [-0.39, 0.29) is 5.41 Å². The Bertz CT molecular complexity index is 295. The summed E-state index contributed by atoms with van der Waals surface area (Å²) in [5.41, 5.74) is -0.116. The van der Waals surface area contributed by atoms with E-state index in [2.05, 4.69) is 12.2 Å². The lowest BCUT2D eigenvalue weighted by Crippen LogP contribution is -2.49. The quantitative estimate of drug-likeness (QED) is 0.843. The molecule has 2 fully saturated rings. The van der Waals surface area contributed by atoms with E-state index in [0.717, 1.165) is 58.5 Å². The molecule has 0 aromatic carbocycles. The monoisotopic (exact) mass is 268 g/mol. The van der Waals surface area contributed by atoms with Crippen LogP contribution in [0.4, 0.5) is 0 Å². The van der Waals surface area contributed by atoms with E-state index in [4.69, 9.17) is 4.74 Å². The van der Waals surface area contributed by atoms with Gasteiger partial charge in [-0.3, -0.25) is 4.79 Å². The van der Waals surface area contributed by atoms with Crippen LogP contribution in [-0.2, 0) is 9.53 Å². The Morgan fingerprint density at radius 3 is 2.74 bits per heavy atom. The summed E-state index contributed by atoms with van der Waals surface area (Å²) < 4.78 is 5.51. The van der Waals surface area contributed by atoms with Crippen LogP contribution in [0.5, 0.6) is 0 Å². The molecule has 1 amide bonds. The van der Waals surface area contributed by atoms with Crippen LogP contribution in [0.25, 0.3) is 0 Å². The molecular weight excluding hydrogens is 240 g/mol. The standard InChI is InChI=1S/C15H28N2O2/c1-3-15(6-8-16-9-7-15)14(18)17(2)11-13-5-4-10-19-12-13/h13,16H,3-12H2,1-2H3. The molecule has 0 saturated carbocycles. The van der Waals surface area contributed by atoms with Crippen molar-refractivity contribution in [3.8, 4) is 0 Å². The van der Waals surface area contributed by atoms with Crippen LogP contribution in [-0.4, -0.2) is 50.7 Å². The van der Waals surface area contributed by atoms with Crippen molar-refractivity contribution in [2.24, 2.45) is 11.3 Å². The van der Waals surface area contributed by atoms with Crippen LogP contribution in [0, 0.1) is 11.3 Å². The van der Waals surface area contributed by atoms with Gasteiger partial charge in [0.05, 0.1) is 12.0 Å². The summed E-state index contributed by atoms with van der Waals surface area (Å²) in [7, 11) is 1.97. The molecule has 19 heavy (non-hydrogen) atoms. The fourth-order valence-corrected chi connectivity index (χ4v) is 3.45. The average molecular weight is 268 g/mol. The van der Waals surface area contributed by atoms with Crippen molar-refractivity contribution in [1.82, 2.24) is 10.2 Å². The number of nitrogens with one attached hydrogen (secondary N) is 1. The van der Waals surface area contributed by atoms with Crippen molar-refractivity contribution in [2.45, 2.75) is 39.0 Å². The minimum absolute atomic E-state index is 0.116. The van der Waals surface area contributed by atoms with Gasteiger partial charge in [0.15, 0.2) is 0 Å². The summed E-state index contributed by atoms with van der Waals surface area (Å²) in [6.07, 6.45) is 5.24. The van der Waals surface area contributed by atoms with Crippen molar-refractivity contribution in [1.29, 1.82) is 0 Å². The molecule has 110 valence electrons. The number of hydrogen-bond donors (Lipinski definition) is 1. The summed E-state index contributed by atoms with van der Waals surface area (Å²) >= 11 is 0. The fraction of sp³-hybridized carbons (Fsp3) is 0.933. The van der Waals surface area contributed by atoms with E-state index in [1.54, 1.807) is 0 Å². The zero-order valence-corrected chi connectivity index (χ0v) is 12.4. The van der Waals surface area contributed by atoms with Crippen molar-refractivity contribution < 1.29 is 9.53 Å². The van der Waals surface area contributed by atoms with Gasteiger partial charge in [-0.15, -0.1) is 0 Å². The molecular formula is C15H28N2O2. The van der Waals surface area contributed by atoms with Gasteiger partial charge in [-0.1, -0.05) is 6.92 Å². The molecule has 0 spiro atoms. The highest BCUT2D eigenvalue weighted by Gasteiger charge is 2.39. The molecule has 0 aromatic heterocycles. The Balaban J connectivity index is 1.92. The number of hydrogen-bond acceptors (Lipinski definition) is 3. The molecule has 2 heterocycles. The van der Waals surface area contributed by atoms with Gasteiger partial charge in [0.25, 0.3) is 0 Å². The maximum Gasteiger partial charge on any atom is 0.228 e. The van der Waals surface area contributed by atoms with Gasteiger partial charge in [0.2, 0.25) is 5.91 Å². The highest BCUT2D eigenvalue weighted by molar-refractivity contribution is 5.82. The molecule has 0 aliphatic carbocycles. The maximum absolute atomic E-state index is 12.8. The fourth-order valence-electron chi connectivity index (χ4n) is 3.45. The van der Waals surface area contributed by atoms with Crippen molar-refractivity contribution >= 4 is 5.91 Å². The molecule has 4 nitrogen and oxygen atoms in total. The van der Waals surface area contributed by atoms with Gasteiger partial charge in [-0.25, -0.2) is 0 Å². The third-order valence-corrected chi connectivity index (χ3v) is 4.82. The van der Waals surface area contributed by atoms with Gasteiger partial charge in [0.1, 0.15) is 0 Å². The van der Waals surface area contributed by atoms with Gasteiger partial charge >= 0.3 is 0 Å². The van der Waals surface area contributed by atoms with Crippen molar-refractivity contribution in [3.63, 3.8) is 0 Å². The number of rotatable bonds is 4. The van der Waals surface area contributed by atoms with E-state index in [1.807, 2.05) is 11.9 Å². The highest BCUT2D eigenvalue weighted by Crippen LogP contribution is 2.34. The molecule has 0 bridgehead atoms. The molecule has 1 atom stereocenters. The number of carbonyl (C=O) groups is 1. The minimum Gasteiger partial charge on any atom is -0.381 e. The van der Waals surface area contributed by atoms with Crippen molar-refractivity contribution in [2.75, 3.05) is 39.9 Å². The second-order valence-electron chi connectivity index (χ2n) is 6.15. The molecule has 4 heteroatoms. The third-order valence-electron chi connectivity index (χ3n) is 4.82. The van der Waals surface area contributed by atoms with Gasteiger partial charge in [0, 0.05) is 20.2 Å². The Labute approximate surface area is 116 Å². The number of amides is 1. The highest BCUT2D eigenvalue weighted by atomic mass is 16.5. The van der Waals surface area contributed by atoms with Gasteiger partial charge in [-0.2, -0.15) is 0 Å². The second-order valence-corrected chi connectivity index (χ2v) is 6.15. The van der Waals surface area contributed by atoms with Crippen molar-refractivity contribution in [3.05, 3.63) is 0 Å². The Kier molecular flexibility index (Phi) is 5.22. The zero-order chi connectivity index (χ0) is 13.7. The third kappa shape index (κ3) is 3.48. The summed E-state index contributed by atoms with van der Waals surface area (Å²) in [6, 6.07) is 0. The predicted molar refractivity (Wildman–Crippen MR) is 76.0 cm³/mol. The largest absolute Gasteiger partial charge is 0.381 e. The Morgan fingerprint density at radius 1 is 1.42 bits per heavy atom. The molecule has 2 rings (SSSR count). The van der Waals surface area contributed by atoms with Crippen LogP contribution in [0.1, 0.15) is 39.0 Å². The summed E-state index contributed by atoms with van der Waals surface area (Å²) in [6.45, 7) is 6.66. The molecule has 2 aliphatic rings. The number of piperidine rings is 1. The topological polar surface area (TPSA) is 41.6 Å². The summed E-state index contributed by atoms with van der Waals surface area (Å²) in [5, 5.41) is 3.36. The zero-order valence-electron chi connectivity index (χ0n) is 12.4. The molecule has 0 radical (unpaired) electrons. The molecule has 1 unspecified atom stereocenters. The minimum atomic E-state index is -0.116. The van der Waals surface area contributed by atoms with Crippen LogP contribution in [0.15, 0.2) is 0 Å². The van der Waals surface area contributed by atoms with Gasteiger partial charge < -0.3 is 15.0 Å². The lowest BCUT2D eigenvalue weighted by atomic mass is 9.75. The van der Waals surface area contributed by atoms with Gasteiger partial charge in [-0.05, 0) is 51.1 Å². The van der Waals surface area contributed by atoms with E-state index < -0.39 is 0 Å². The smallest absolute Gasteiger partial charge is 0.228 e. The normalized spacial score (nSPS) is 26.9. The number of carbonyl (C=O) groups excluding carboxylic acids is 1. The molecule has 2 saturated heterocycles. The number of nitrogens with zero attached hydrogens (tertiary/aromatic N) is 1. The van der Waals surface area contributed by atoms with Crippen LogP contribution in [0.2, 0.25) is 0 Å². The Morgan fingerprint density at radius 2 is 2.16 bits per heavy atom.